The minimum atomic E-state index is 0.519. The van der Waals surface area contributed by atoms with E-state index < -0.39 is 0 Å². The second kappa shape index (κ2) is 5.77. The van der Waals surface area contributed by atoms with Crippen LogP contribution in [0.5, 0.6) is 0 Å². The fraction of sp³-hybridized carbons (Fsp3) is 0.250. The van der Waals surface area contributed by atoms with Crippen molar-refractivity contribution in [1.29, 1.82) is 0 Å². The molecule has 0 saturated carbocycles. The highest BCUT2D eigenvalue weighted by atomic mass is 35.5. The first-order valence-electron chi connectivity index (χ1n) is 5.97. The average molecular weight is 279 g/mol. The standard InChI is InChI=1S/C16H16Cl2/c1-11-3-4-12(2)15(7-11)16-8-13(9-17)5-6-14(16)10-18/h3-8H,9-10H2,1-2H3. The molecule has 0 spiro atoms. The van der Waals surface area contributed by atoms with E-state index in [0.29, 0.717) is 11.8 Å². The van der Waals surface area contributed by atoms with E-state index in [1.807, 2.05) is 6.07 Å². The lowest BCUT2D eigenvalue weighted by atomic mass is 9.94. The maximum Gasteiger partial charge on any atom is 0.0480 e. The van der Waals surface area contributed by atoms with Crippen LogP contribution in [0, 0.1) is 13.8 Å². The third kappa shape index (κ3) is 2.71. The van der Waals surface area contributed by atoms with Gasteiger partial charge in [-0.15, -0.1) is 23.2 Å². The Hall–Kier alpha value is -0.980. The van der Waals surface area contributed by atoms with Crippen LogP contribution in [-0.2, 0) is 11.8 Å². The highest BCUT2D eigenvalue weighted by Gasteiger charge is 2.08. The highest BCUT2D eigenvalue weighted by molar-refractivity contribution is 6.18. The molecule has 0 radical (unpaired) electrons. The minimum Gasteiger partial charge on any atom is -0.122 e. The first kappa shape index (κ1) is 13.5. The molecule has 0 saturated heterocycles. The van der Waals surface area contributed by atoms with Crippen molar-refractivity contribution < 1.29 is 0 Å². The molecule has 94 valence electrons. The first-order valence-corrected chi connectivity index (χ1v) is 7.04. The topological polar surface area (TPSA) is 0 Å². The Balaban J connectivity index is 2.64. The number of hydrogen-bond acceptors (Lipinski definition) is 0. The van der Waals surface area contributed by atoms with Gasteiger partial charge in [0.25, 0.3) is 0 Å². The van der Waals surface area contributed by atoms with Crippen LogP contribution in [0.25, 0.3) is 11.1 Å². The van der Waals surface area contributed by atoms with Gasteiger partial charge in [-0.05, 0) is 47.7 Å². The second-order valence-corrected chi connectivity index (χ2v) is 5.11. The smallest absolute Gasteiger partial charge is 0.0480 e. The molecule has 2 aromatic carbocycles. The summed E-state index contributed by atoms with van der Waals surface area (Å²) in [7, 11) is 0. The molecule has 2 aromatic rings. The summed E-state index contributed by atoms with van der Waals surface area (Å²) in [6.45, 7) is 4.23. The molecular formula is C16H16Cl2. The van der Waals surface area contributed by atoms with Crippen molar-refractivity contribution in [3.05, 3.63) is 58.7 Å². The van der Waals surface area contributed by atoms with Crippen molar-refractivity contribution in [2.24, 2.45) is 0 Å². The molecule has 0 bridgehead atoms. The molecule has 18 heavy (non-hydrogen) atoms. The van der Waals surface area contributed by atoms with E-state index in [0.717, 1.165) is 11.1 Å². The fourth-order valence-corrected chi connectivity index (χ4v) is 2.50. The molecular weight excluding hydrogens is 263 g/mol. The molecule has 2 heteroatoms. The molecule has 0 atom stereocenters. The first-order chi connectivity index (χ1) is 8.65. The second-order valence-electron chi connectivity index (χ2n) is 4.58. The molecule has 0 aromatic heterocycles. The van der Waals surface area contributed by atoms with Crippen LogP contribution in [0.4, 0.5) is 0 Å². The van der Waals surface area contributed by atoms with Crippen molar-refractivity contribution in [2.75, 3.05) is 0 Å². The van der Waals surface area contributed by atoms with Crippen LogP contribution in [0.1, 0.15) is 22.3 Å². The maximum absolute atomic E-state index is 6.04. The van der Waals surface area contributed by atoms with E-state index in [1.54, 1.807) is 0 Å². The van der Waals surface area contributed by atoms with Gasteiger partial charge >= 0.3 is 0 Å². The Morgan fingerprint density at radius 2 is 1.61 bits per heavy atom. The Bertz CT molecular complexity index is 559. The maximum atomic E-state index is 6.04. The zero-order valence-electron chi connectivity index (χ0n) is 10.6. The largest absolute Gasteiger partial charge is 0.122 e. The summed E-state index contributed by atoms with van der Waals surface area (Å²) >= 11 is 12.0. The summed E-state index contributed by atoms with van der Waals surface area (Å²) in [6.07, 6.45) is 0. The Kier molecular flexibility index (Phi) is 4.31. The van der Waals surface area contributed by atoms with E-state index in [2.05, 4.69) is 44.2 Å². The number of rotatable bonds is 3. The molecule has 0 amide bonds. The van der Waals surface area contributed by atoms with Crippen LogP contribution in [-0.4, -0.2) is 0 Å². The monoisotopic (exact) mass is 278 g/mol. The zero-order valence-corrected chi connectivity index (χ0v) is 12.1. The van der Waals surface area contributed by atoms with Crippen LogP contribution >= 0.6 is 23.2 Å². The minimum absolute atomic E-state index is 0.519. The van der Waals surface area contributed by atoms with Gasteiger partial charge in [0.1, 0.15) is 0 Å². The number of alkyl halides is 2. The molecule has 0 fully saturated rings. The Labute approximate surface area is 119 Å². The summed E-state index contributed by atoms with van der Waals surface area (Å²) in [6, 6.07) is 12.7. The van der Waals surface area contributed by atoms with E-state index >= 15 is 0 Å². The lowest BCUT2D eigenvalue weighted by Crippen LogP contribution is -1.92. The Morgan fingerprint density at radius 1 is 0.833 bits per heavy atom. The van der Waals surface area contributed by atoms with E-state index in [4.69, 9.17) is 23.2 Å². The molecule has 0 aliphatic carbocycles. The van der Waals surface area contributed by atoms with Gasteiger partial charge in [0, 0.05) is 11.8 Å². The summed E-state index contributed by atoms with van der Waals surface area (Å²) in [5.41, 5.74) is 7.24. The van der Waals surface area contributed by atoms with Gasteiger partial charge in [-0.25, -0.2) is 0 Å². The lowest BCUT2D eigenvalue weighted by Gasteiger charge is -2.13. The van der Waals surface area contributed by atoms with Gasteiger partial charge in [-0.1, -0.05) is 35.9 Å². The van der Waals surface area contributed by atoms with E-state index in [9.17, 15) is 0 Å². The molecule has 0 nitrogen and oxygen atoms in total. The van der Waals surface area contributed by atoms with Crippen molar-refractivity contribution in [3.63, 3.8) is 0 Å². The van der Waals surface area contributed by atoms with Crippen LogP contribution in [0.2, 0.25) is 0 Å². The third-order valence-electron chi connectivity index (χ3n) is 3.16. The average Bonchev–Trinajstić information content (AvgIpc) is 2.40. The van der Waals surface area contributed by atoms with Crippen molar-refractivity contribution in [1.82, 2.24) is 0 Å². The summed E-state index contributed by atoms with van der Waals surface area (Å²) < 4.78 is 0. The molecule has 0 aliphatic rings. The Morgan fingerprint density at radius 3 is 2.28 bits per heavy atom. The molecule has 2 rings (SSSR count). The van der Waals surface area contributed by atoms with Crippen molar-refractivity contribution in [3.8, 4) is 11.1 Å². The number of hydrogen-bond donors (Lipinski definition) is 0. The predicted octanol–water partition coefficient (Wildman–Crippen LogP) is 5.45. The van der Waals surface area contributed by atoms with Gasteiger partial charge < -0.3 is 0 Å². The van der Waals surface area contributed by atoms with Crippen LogP contribution in [0.3, 0.4) is 0 Å². The molecule has 0 heterocycles. The van der Waals surface area contributed by atoms with Gasteiger partial charge in [0.2, 0.25) is 0 Å². The quantitative estimate of drug-likeness (QED) is 0.655. The molecule has 0 unspecified atom stereocenters. The zero-order chi connectivity index (χ0) is 13.1. The number of benzene rings is 2. The number of halogens is 2. The van der Waals surface area contributed by atoms with E-state index in [1.165, 1.54) is 22.3 Å². The summed E-state index contributed by atoms with van der Waals surface area (Å²) in [5.74, 6) is 1.05. The molecule has 0 N–H and O–H groups in total. The van der Waals surface area contributed by atoms with Gasteiger partial charge in [0.15, 0.2) is 0 Å². The van der Waals surface area contributed by atoms with E-state index in [-0.39, 0.29) is 0 Å². The summed E-state index contributed by atoms with van der Waals surface area (Å²) in [4.78, 5) is 0. The SMILES string of the molecule is Cc1ccc(C)c(-c2cc(CCl)ccc2CCl)c1. The summed E-state index contributed by atoms with van der Waals surface area (Å²) in [5, 5.41) is 0. The van der Waals surface area contributed by atoms with Crippen LogP contribution < -0.4 is 0 Å². The van der Waals surface area contributed by atoms with Gasteiger partial charge in [-0.3, -0.25) is 0 Å². The lowest BCUT2D eigenvalue weighted by molar-refractivity contribution is 1.31. The number of aryl methyl sites for hydroxylation is 2. The van der Waals surface area contributed by atoms with Gasteiger partial charge in [0.05, 0.1) is 0 Å². The van der Waals surface area contributed by atoms with Crippen molar-refractivity contribution in [2.45, 2.75) is 25.6 Å². The highest BCUT2D eigenvalue weighted by Crippen LogP contribution is 2.30. The normalized spacial score (nSPS) is 10.7. The molecule has 0 aliphatic heterocycles. The van der Waals surface area contributed by atoms with Crippen LogP contribution in [0.15, 0.2) is 36.4 Å². The van der Waals surface area contributed by atoms with Gasteiger partial charge in [-0.2, -0.15) is 0 Å². The predicted molar refractivity (Wildman–Crippen MR) is 80.5 cm³/mol. The fourth-order valence-electron chi connectivity index (χ4n) is 2.10. The van der Waals surface area contributed by atoms with Crippen molar-refractivity contribution >= 4 is 23.2 Å². The third-order valence-corrected chi connectivity index (χ3v) is 3.75.